The second-order valence-electron chi connectivity index (χ2n) is 3.71. The molecule has 2 rings (SSSR count). The van der Waals surface area contributed by atoms with Gasteiger partial charge < -0.3 is 0 Å². The lowest BCUT2D eigenvalue weighted by Crippen LogP contribution is -1.95. The Morgan fingerprint density at radius 1 is 0.778 bits per heavy atom. The molecule has 0 aromatic heterocycles. The number of hydrogen-bond acceptors (Lipinski definition) is 0. The number of rotatable bonds is 2. The summed E-state index contributed by atoms with van der Waals surface area (Å²) in [5, 5.41) is 0. The molecule has 0 aliphatic rings. The molecule has 0 saturated heterocycles. The molecule has 0 saturated carbocycles. The fourth-order valence-corrected chi connectivity index (χ4v) is 2.75. The maximum atomic E-state index is 13.5. The summed E-state index contributed by atoms with van der Waals surface area (Å²) in [6.45, 7) is 0. The van der Waals surface area contributed by atoms with Gasteiger partial charge in [0.25, 0.3) is 0 Å². The van der Waals surface area contributed by atoms with Crippen molar-refractivity contribution in [2.75, 3.05) is 0 Å². The summed E-state index contributed by atoms with van der Waals surface area (Å²) in [7, 11) is 0. The van der Waals surface area contributed by atoms with Gasteiger partial charge in [-0.15, -0.1) is 0 Å². The Morgan fingerprint density at radius 3 is 2.00 bits per heavy atom. The summed E-state index contributed by atoms with van der Waals surface area (Å²) in [6.07, 6.45) is 0. The van der Waals surface area contributed by atoms with Crippen molar-refractivity contribution >= 4 is 47.8 Å². The quantitative estimate of drug-likeness (QED) is 0.504. The number of hydrogen-bond donors (Lipinski definition) is 0. The molecule has 94 valence electrons. The summed E-state index contributed by atoms with van der Waals surface area (Å²) in [5.41, 5.74) is 1.62. The van der Waals surface area contributed by atoms with Gasteiger partial charge in [0, 0.05) is 0 Å². The Labute approximate surface area is 129 Å². The van der Waals surface area contributed by atoms with Gasteiger partial charge in [-0.25, -0.2) is 8.78 Å². The molecule has 0 aliphatic heterocycles. The first-order chi connectivity index (χ1) is 8.49. The average Bonchev–Trinajstić information content (AvgIpc) is 2.35. The number of alkyl halides is 1. The smallest absolute Gasteiger partial charge is 0.137 e. The van der Waals surface area contributed by atoms with Gasteiger partial charge in [-0.2, -0.15) is 0 Å². The molecule has 2 aromatic carbocycles. The molecule has 1 atom stereocenters. The van der Waals surface area contributed by atoms with Gasteiger partial charge >= 0.3 is 0 Å². The van der Waals surface area contributed by atoms with Crippen LogP contribution in [0.3, 0.4) is 0 Å². The van der Waals surface area contributed by atoms with Crippen molar-refractivity contribution in [3.8, 4) is 0 Å². The van der Waals surface area contributed by atoms with E-state index in [9.17, 15) is 8.78 Å². The van der Waals surface area contributed by atoms with Gasteiger partial charge in [0.2, 0.25) is 0 Å². The Bertz CT molecular complexity index is 533. The molecule has 0 radical (unpaired) electrons. The van der Waals surface area contributed by atoms with E-state index in [-0.39, 0.29) is 16.5 Å². The highest BCUT2D eigenvalue weighted by Gasteiger charge is 2.13. The minimum atomic E-state index is -0.321. The van der Waals surface area contributed by atoms with Crippen LogP contribution in [-0.4, -0.2) is 0 Å². The molecule has 2 aromatic rings. The maximum absolute atomic E-state index is 13.5. The van der Waals surface area contributed by atoms with Crippen molar-refractivity contribution in [2.24, 2.45) is 0 Å². The van der Waals surface area contributed by atoms with Gasteiger partial charge in [0.05, 0.1) is 13.8 Å². The lowest BCUT2D eigenvalue weighted by Gasteiger charge is -2.12. The van der Waals surface area contributed by atoms with Crippen molar-refractivity contribution < 1.29 is 8.78 Å². The van der Waals surface area contributed by atoms with E-state index in [0.29, 0.717) is 8.95 Å². The van der Waals surface area contributed by atoms with Crippen molar-refractivity contribution in [2.45, 2.75) is 4.83 Å². The summed E-state index contributed by atoms with van der Waals surface area (Å²) in [6, 6.07) is 9.62. The lowest BCUT2D eigenvalue weighted by atomic mass is 10.0. The van der Waals surface area contributed by atoms with E-state index in [1.165, 1.54) is 12.1 Å². The lowest BCUT2D eigenvalue weighted by molar-refractivity contribution is 0.618. The monoisotopic (exact) mass is 438 g/mol. The van der Waals surface area contributed by atoms with Gasteiger partial charge in [-0.05, 0) is 67.3 Å². The Hall–Kier alpha value is -0.260. The molecule has 0 N–H and O–H groups in total. The third-order valence-electron chi connectivity index (χ3n) is 2.47. The molecule has 0 aliphatic carbocycles. The normalized spacial score (nSPS) is 12.5. The first-order valence-corrected chi connectivity index (χ1v) is 7.53. The zero-order valence-corrected chi connectivity index (χ0v) is 13.7. The van der Waals surface area contributed by atoms with Crippen LogP contribution in [0.2, 0.25) is 0 Å². The van der Waals surface area contributed by atoms with Crippen LogP contribution >= 0.6 is 47.8 Å². The van der Waals surface area contributed by atoms with E-state index < -0.39 is 0 Å². The predicted octanol–water partition coefficient (Wildman–Crippen LogP) is 5.97. The Balaban J connectivity index is 2.37. The summed E-state index contributed by atoms with van der Waals surface area (Å²) in [5.74, 6) is -0.640. The van der Waals surface area contributed by atoms with Gasteiger partial charge in [0.1, 0.15) is 11.6 Å². The molecular weight excluding hydrogens is 434 g/mol. The molecule has 0 spiro atoms. The van der Waals surface area contributed by atoms with Gasteiger partial charge in [-0.3, -0.25) is 0 Å². The second kappa shape index (κ2) is 5.80. The zero-order chi connectivity index (χ0) is 13.3. The van der Waals surface area contributed by atoms with Crippen LogP contribution in [0.15, 0.2) is 45.3 Å². The average molecular weight is 441 g/mol. The maximum Gasteiger partial charge on any atom is 0.137 e. The summed E-state index contributed by atoms with van der Waals surface area (Å²) < 4.78 is 27.4. The third kappa shape index (κ3) is 3.00. The van der Waals surface area contributed by atoms with Gasteiger partial charge in [0.15, 0.2) is 0 Å². The summed E-state index contributed by atoms with van der Waals surface area (Å²) >= 11 is 9.73. The summed E-state index contributed by atoms with van der Waals surface area (Å²) in [4.78, 5) is -0.183. The van der Waals surface area contributed by atoms with E-state index in [1.54, 1.807) is 18.2 Å². The largest absolute Gasteiger partial charge is 0.206 e. The Kier molecular flexibility index (Phi) is 4.56. The fraction of sp³-hybridized carbons (Fsp3) is 0.0769. The van der Waals surface area contributed by atoms with Crippen molar-refractivity contribution in [3.05, 3.63) is 68.1 Å². The van der Waals surface area contributed by atoms with E-state index in [0.717, 1.165) is 11.1 Å². The van der Waals surface area contributed by atoms with Gasteiger partial charge in [-0.1, -0.05) is 28.1 Å². The van der Waals surface area contributed by atoms with E-state index in [1.807, 2.05) is 6.07 Å². The van der Waals surface area contributed by atoms with Crippen molar-refractivity contribution in [3.63, 3.8) is 0 Å². The Morgan fingerprint density at radius 2 is 1.39 bits per heavy atom. The second-order valence-corrected chi connectivity index (χ2v) is 6.33. The minimum absolute atomic E-state index is 0.183. The van der Waals surface area contributed by atoms with Crippen molar-refractivity contribution in [1.82, 2.24) is 0 Å². The number of benzene rings is 2. The van der Waals surface area contributed by atoms with Crippen LogP contribution < -0.4 is 0 Å². The molecule has 0 bridgehead atoms. The molecule has 0 nitrogen and oxygen atoms in total. The number of halogens is 5. The van der Waals surface area contributed by atoms with Crippen LogP contribution in [-0.2, 0) is 0 Å². The molecular formula is C13H7Br3F2. The fourth-order valence-electron chi connectivity index (χ4n) is 1.53. The van der Waals surface area contributed by atoms with Crippen LogP contribution in [0.4, 0.5) is 8.78 Å². The topological polar surface area (TPSA) is 0 Å². The molecule has 0 heterocycles. The highest BCUT2D eigenvalue weighted by atomic mass is 79.9. The highest BCUT2D eigenvalue weighted by molar-refractivity contribution is 9.11. The molecule has 5 heteroatoms. The molecule has 1 unspecified atom stereocenters. The van der Waals surface area contributed by atoms with E-state index in [2.05, 4.69) is 47.8 Å². The third-order valence-corrected chi connectivity index (χ3v) is 4.78. The molecule has 0 fully saturated rings. The van der Waals surface area contributed by atoms with Crippen molar-refractivity contribution in [1.29, 1.82) is 0 Å². The molecule has 18 heavy (non-hydrogen) atoms. The van der Waals surface area contributed by atoms with Crippen LogP contribution in [0.1, 0.15) is 16.0 Å². The first-order valence-electron chi connectivity index (χ1n) is 5.03. The first kappa shape index (κ1) is 14.2. The highest BCUT2D eigenvalue weighted by Crippen LogP contribution is 2.34. The standard InChI is InChI=1S/C13H7Br3F2/c14-9-3-1-8(6-12(9)18)13(16)7-2-4-11(17)10(15)5-7/h1-6,13H. The predicted molar refractivity (Wildman–Crippen MR) is 79.0 cm³/mol. The van der Waals surface area contributed by atoms with E-state index in [4.69, 9.17) is 0 Å². The molecule has 0 amide bonds. The van der Waals surface area contributed by atoms with Crippen LogP contribution in [0.5, 0.6) is 0 Å². The van der Waals surface area contributed by atoms with Crippen LogP contribution in [0.25, 0.3) is 0 Å². The minimum Gasteiger partial charge on any atom is -0.206 e. The SMILES string of the molecule is Fc1cc(C(Br)c2ccc(F)c(Br)c2)ccc1Br. The van der Waals surface area contributed by atoms with Crippen LogP contribution in [0, 0.1) is 11.6 Å². The zero-order valence-electron chi connectivity index (χ0n) is 8.93. The van der Waals surface area contributed by atoms with E-state index >= 15 is 0 Å².